The zero-order chi connectivity index (χ0) is 13.2. The summed E-state index contributed by atoms with van der Waals surface area (Å²) in [6, 6.07) is 1.41. The van der Waals surface area contributed by atoms with E-state index in [4.69, 9.17) is 0 Å². The smallest absolute Gasteiger partial charge is 0.339 e. The van der Waals surface area contributed by atoms with Gasteiger partial charge >= 0.3 is 11.9 Å². The van der Waals surface area contributed by atoms with E-state index in [1.807, 2.05) is 0 Å². The van der Waals surface area contributed by atoms with Crippen LogP contribution in [0.1, 0.15) is 31.8 Å². The molecule has 0 heterocycles. The molecule has 0 radical (unpaired) electrons. The Kier molecular flexibility index (Phi) is 3.73. The van der Waals surface area contributed by atoms with Gasteiger partial charge in [-0.25, -0.2) is 9.59 Å². The summed E-state index contributed by atoms with van der Waals surface area (Å²) in [4.78, 5) is 23.3. The van der Waals surface area contributed by atoms with Crippen molar-refractivity contribution in [3.63, 3.8) is 0 Å². The molecule has 0 bridgehead atoms. The van der Waals surface area contributed by atoms with Crippen molar-refractivity contribution in [1.29, 1.82) is 0 Å². The first-order valence-electron chi connectivity index (χ1n) is 4.93. The van der Waals surface area contributed by atoms with Crippen molar-refractivity contribution in [2.24, 2.45) is 0 Å². The molecule has 5 nitrogen and oxygen atoms in total. The van der Waals surface area contributed by atoms with Crippen LogP contribution in [0.25, 0.3) is 0 Å². The van der Waals surface area contributed by atoms with Crippen LogP contribution in [0, 0.1) is 13.8 Å². The number of phenolic OH excluding ortho intramolecular Hbond substituents is 1. The second kappa shape index (κ2) is 4.86. The maximum atomic E-state index is 11.6. The SMILES string of the molecule is COC(=O)c1c(C)cc(O)c(C)c1C(=O)OC. The van der Waals surface area contributed by atoms with Crippen LogP contribution < -0.4 is 0 Å². The Morgan fingerprint density at radius 3 is 2.00 bits per heavy atom. The fraction of sp³-hybridized carbons (Fsp3) is 0.333. The van der Waals surface area contributed by atoms with Gasteiger partial charge in [-0.15, -0.1) is 0 Å². The van der Waals surface area contributed by atoms with Gasteiger partial charge in [-0.1, -0.05) is 0 Å². The van der Waals surface area contributed by atoms with E-state index < -0.39 is 11.9 Å². The molecule has 1 rings (SSSR count). The molecule has 0 atom stereocenters. The van der Waals surface area contributed by atoms with E-state index in [1.165, 1.54) is 27.2 Å². The zero-order valence-corrected chi connectivity index (χ0v) is 10.2. The van der Waals surface area contributed by atoms with Crippen LogP contribution >= 0.6 is 0 Å². The quantitative estimate of drug-likeness (QED) is 0.792. The third kappa shape index (κ3) is 2.22. The largest absolute Gasteiger partial charge is 0.508 e. The molecule has 0 saturated heterocycles. The molecule has 0 aliphatic rings. The number of phenols is 1. The molecule has 0 aliphatic heterocycles. The van der Waals surface area contributed by atoms with Gasteiger partial charge in [0.2, 0.25) is 0 Å². The second-order valence-corrected chi connectivity index (χ2v) is 3.57. The van der Waals surface area contributed by atoms with Crippen molar-refractivity contribution in [2.45, 2.75) is 13.8 Å². The standard InChI is InChI=1S/C12H14O5/c1-6-5-8(13)7(2)10(12(15)17-4)9(6)11(14)16-3/h5,13H,1-4H3. The van der Waals surface area contributed by atoms with E-state index in [2.05, 4.69) is 9.47 Å². The van der Waals surface area contributed by atoms with E-state index in [0.717, 1.165) is 0 Å². The van der Waals surface area contributed by atoms with Crippen molar-refractivity contribution in [3.05, 3.63) is 28.3 Å². The van der Waals surface area contributed by atoms with E-state index >= 15 is 0 Å². The maximum absolute atomic E-state index is 11.6. The highest BCUT2D eigenvalue weighted by molar-refractivity contribution is 6.05. The number of rotatable bonds is 2. The van der Waals surface area contributed by atoms with Gasteiger partial charge in [0.1, 0.15) is 5.75 Å². The summed E-state index contributed by atoms with van der Waals surface area (Å²) < 4.78 is 9.22. The van der Waals surface area contributed by atoms with Crippen molar-refractivity contribution in [3.8, 4) is 5.75 Å². The van der Waals surface area contributed by atoms with Crippen molar-refractivity contribution < 1.29 is 24.2 Å². The lowest BCUT2D eigenvalue weighted by atomic mass is 9.96. The van der Waals surface area contributed by atoms with E-state index in [0.29, 0.717) is 11.1 Å². The Balaban J connectivity index is 3.61. The van der Waals surface area contributed by atoms with E-state index in [-0.39, 0.29) is 16.9 Å². The number of aromatic hydroxyl groups is 1. The lowest BCUT2D eigenvalue weighted by Gasteiger charge is -2.13. The van der Waals surface area contributed by atoms with Crippen molar-refractivity contribution in [2.75, 3.05) is 14.2 Å². The van der Waals surface area contributed by atoms with Crippen molar-refractivity contribution >= 4 is 11.9 Å². The van der Waals surface area contributed by atoms with Gasteiger partial charge < -0.3 is 14.6 Å². The Hall–Kier alpha value is -2.04. The first-order valence-corrected chi connectivity index (χ1v) is 4.93. The number of carbonyl (C=O) groups is 2. The highest BCUT2D eigenvalue weighted by Crippen LogP contribution is 2.28. The Labute approximate surface area is 99.0 Å². The van der Waals surface area contributed by atoms with Crippen LogP contribution in [0.4, 0.5) is 0 Å². The summed E-state index contributed by atoms with van der Waals surface area (Å²) in [5.41, 5.74) is 0.912. The first kappa shape index (κ1) is 13.0. The molecule has 0 spiro atoms. The highest BCUT2D eigenvalue weighted by atomic mass is 16.5. The monoisotopic (exact) mass is 238 g/mol. The molecule has 17 heavy (non-hydrogen) atoms. The second-order valence-electron chi connectivity index (χ2n) is 3.57. The minimum atomic E-state index is -0.679. The average molecular weight is 238 g/mol. The lowest BCUT2D eigenvalue weighted by molar-refractivity contribution is 0.0553. The molecular formula is C12H14O5. The Bertz CT molecular complexity index is 476. The van der Waals surface area contributed by atoms with Crippen LogP contribution in [0.5, 0.6) is 5.75 Å². The average Bonchev–Trinajstić information content (AvgIpc) is 2.31. The van der Waals surface area contributed by atoms with Crippen LogP contribution in [0.2, 0.25) is 0 Å². The molecule has 0 aromatic heterocycles. The van der Waals surface area contributed by atoms with Gasteiger partial charge in [0.05, 0.1) is 25.3 Å². The highest BCUT2D eigenvalue weighted by Gasteiger charge is 2.25. The molecule has 0 aliphatic carbocycles. The molecule has 0 saturated carbocycles. The van der Waals surface area contributed by atoms with Gasteiger partial charge in [0, 0.05) is 5.56 Å². The summed E-state index contributed by atoms with van der Waals surface area (Å²) in [6.45, 7) is 3.14. The Morgan fingerprint density at radius 2 is 1.53 bits per heavy atom. The maximum Gasteiger partial charge on any atom is 0.339 e. The molecule has 5 heteroatoms. The van der Waals surface area contributed by atoms with Crippen LogP contribution in [0.3, 0.4) is 0 Å². The number of ether oxygens (including phenoxy) is 2. The molecule has 1 N–H and O–H groups in total. The van der Waals surface area contributed by atoms with Crippen LogP contribution in [0.15, 0.2) is 6.07 Å². The van der Waals surface area contributed by atoms with Crippen LogP contribution in [-0.4, -0.2) is 31.3 Å². The minimum absolute atomic E-state index is 0.0388. The summed E-state index contributed by atoms with van der Waals surface area (Å²) >= 11 is 0. The summed E-state index contributed by atoms with van der Waals surface area (Å²) in [7, 11) is 2.44. The van der Waals surface area contributed by atoms with Gasteiger partial charge in [0.15, 0.2) is 0 Å². The van der Waals surface area contributed by atoms with E-state index in [9.17, 15) is 14.7 Å². The number of aryl methyl sites for hydroxylation is 1. The summed E-state index contributed by atoms with van der Waals surface area (Å²) in [5.74, 6) is -1.37. The molecule has 0 fully saturated rings. The fourth-order valence-electron chi connectivity index (χ4n) is 1.62. The number of esters is 2. The Morgan fingerprint density at radius 1 is 1.06 bits per heavy atom. The van der Waals surface area contributed by atoms with Crippen molar-refractivity contribution in [1.82, 2.24) is 0 Å². The first-order chi connectivity index (χ1) is 7.93. The van der Waals surface area contributed by atoms with Gasteiger partial charge in [-0.05, 0) is 25.5 Å². The summed E-state index contributed by atoms with van der Waals surface area (Å²) in [6.07, 6.45) is 0. The fourth-order valence-corrected chi connectivity index (χ4v) is 1.62. The molecule has 1 aromatic rings. The molecule has 0 unspecified atom stereocenters. The molecule has 1 aromatic carbocycles. The molecule has 92 valence electrons. The number of hydrogen-bond donors (Lipinski definition) is 1. The summed E-state index contributed by atoms with van der Waals surface area (Å²) in [5, 5.41) is 9.64. The van der Waals surface area contributed by atoms with Gasteiger partial charge in [-0.2, -0.15) is 0 Å². The number of benzene rings is 1. The topological polar surface area (TPSA) is 72.8 Å². The predicted octanol–water partition coefficient (Wildman–Crippen LogP) is 1.58. The minimum Gasteiger partial charge on any atom is -0.508 e. The predicted molar refractivity (Wildman–Crippen MR) is 60.3 cm³/mol. The number of hydrogen-bond acceptors (Lipinski definition) is 5. The lowest BCUT2D eigenvalue weighted by Crippen LogP contribution is -2.15. The van der Waals surface area contributed by atoms with Crippen LogP contribution in [-0.2, 0) is 9.47 Å². The molecule has 0 amide bonds. The van der Waals surface area contributed by atoms with E-state index in [1.54, 1.807) is 6.92 Å². The number of methoxy groups -OCH3 is 2. The van der Waals surface area contributed by atoms with Gasteiger partial charge in [0.25, 0.3) is 0 Å². The molecular weight excluding hydrogens is 224 g/mol. The van der Waals surface area contributed by atoms with Gasteiger partial charge in [-0.3, -0.25) is 0 Å². The third-order valence-electron chi connectivity index (χ3n) is 2.54. The number of carbonyl (C=O) groups excluding carboxylic acids is 2. The normalized spacial score (nSPS) is 9.88. The third-order valence-corrected chi connectivity index (χ3v) is 2.54. The zero-order valence-electron chi connectivity index (χ0n) is 10.2.